The third kappa shape index (κ3) is 5.86. The molecule has 0 heterocycles. The molecule has 3 rings (SSSR count). The molecule has 32 heavy (non-hydrogen) atoms. The average Bonchev–Trinajstić information content (AvgIpc) is 2.75. The number of hydrogen-bond donors (Lipinski definition) is 1. The minimum Gasteiger partial charge on any atom is -0.484 e. The van der Waals surface area contributed by atoms with Crippen molar-refractivity contribution in [3.05, 3.63) is 93.0 Å². The first-order valence-corrected chi connectivity index (χ1v) is 11.3. The van der Waals surface area contributed by atoms with E-state index >= 15 is 0 Å². The van der Waals surface area contributed by atoms with E-state index < -0.39 is 0 Å². The highest BCUT2D eigenvalue weighted by atomic mass is 79.9. The fraction of sp³-hybridized carbons (Fsp3) is 0.259. The molecule has 0 saturated heterocycles. The summed E-state index contributed by atoms with van der Waals surface area (Å²) in [6.45, 7) is 10.2. The lowest BCUT2D eigenvalue weighted by Crippen LogP contribution is -2.20. The van der Waals surface area contributed by atoms with Crippen LogP contribution in [0.2, 0.25) is 0 Å². The fourth-order valence-corrected chi connectivity index (χ4v) is 3.59. The van der Waals surface area contributed by atoms with E-state index in [1.54, 1.807) is 24.3 Å². The second-order valence-electron chi connectivity index (χ2n) is 8.95. The molecule has 3 aromatic rings. The number of rotatable bonds is 6. The molecule has 1 amide bonds. The first-order valence-electron chi connectivity index (χ1n) is 10.5. The van der Waals surface area contributed by atoms with Gasteiger partial charge in [-0.15, -0.1) is 0 Å². The maximum absolute atomic E-state index is 12.9. The summed E-state index contributed by atoms with van der Waals surface area (Å²) in [5.74, 6) is 0.266. The molecule has 0 radical (unpaired) electrons. The van der Waals surface area contributed by atoms with Gasteiger partial charge in [0.2, 0.25) is 0 Å². The highest BCUT2D eigenvalue weighted by Crippen LogP contribution is 2.26. The minimum absolute atomic E-state index is 0.0293. The van der Waals surface area contributed by atoms with Gasteiger partial charge in [-0.2, -0.15) is 0 Å². The Balaban J connectivity index is 1.65. The van der Waals surface area contributed by atoms with Gasteiger partial charge in [-0.05, 0) is 60.2 Å². The van der Waals surface area contributed by atoms with Gasteiger partial charge in [-0.1, -0.05) is 73.1 Å². The first kappa shape index (κ1) is 23.7. The molecule has 3 aromatic carbocycles. The maximum Gasteiger partial charge on any atom is 0.262 e. The number of anilines is 1. The highest BCUT2D eigenvalue weighted by Gasteiger charge is 2.15. The van der Waals surface area contributed by atoms with Gasteiger partial charge in [0.25, 0.3) is 5.91 Å². The van der Waals surface area contributed by atoms with Gasteiger partial charge >= 0.3 is 0 Å². The molecule has 4 nitrogen and oxygen atoms in total. The highest BCUT2D eigenvalue weighted by molar-refractivity contribution is 9.10. The monoisotopic (exact) mass is 493 g/mol. The van der Waals surface area contributed by atoms with Crippen molar-refractivity contribution in [1.82, 2.24) is 0 Å². The third-order valence-electron chi connectivity index (χ3n) is 5.20. The van der Waals surface area contributed by atoms with Crippen LogP contribution in [0.15, 0.2) is 65.1 Å². The molecule has 0 aliphatic carbocycles. The Bertz CT molecular complexity index is 1120. The first-order chi connectivity index (χ1) is 15.0. The van der Waals surface area contributed by atoms with Crippen molar-refractivity contribution in [1.29, 1.82) is 0 Å². The van der Waals surface area contributed by atoms with Crippen LogP contribution in [0.25, 0.3) is 0 Å². The molecule has 5 heteroatoms. The fourth-order valence-electron chi connectivity index (χ4n) is 3.36. The normalized spacial score (nSPS) is 11.2. The summed E-state index contributed by atoms with van der Waals surface area (Å²) in [5.41, 5.74) is 4.98. The third-order valence-corrected chi connectivity index (χ3v) is 6.45. The zero-order valence-corrected chi connectivity index (χ0v) is 20.7. The molecule has 0 saturated carbocycles. The SMILES string of the molecule is Cc1cc(OCC(=O)Nc2cccc(C(=O)c3ccc(C(C)(C)C)cc3)c2)cc(C)c1Br. The largest absolute Gasteiger partial charge is 0.484 e. The van der Waals surface area contributed by atoms with Crippen molar-refractivity contribution in [2.45, 2.75) is 40.0 Å². The summed E-state index contributed by atoms with van der Waals surface area (Å²) >= 11 is 3.52. The number of carbonyl (C=O) groups excluding carboxylic acids is 2. The van der Waals surface area contributed by atoms with Gasteiger partial charge in [0.05, 0.1) is 0 Å². The van der Waals surface area contributed by atoms with Crippen molar-refractivity contribution >= 4 is 33.3 Å². The van der Waals surface area contributed by atoms with Gasteiger partial charge in [0, 0.05) is 21.3 Å². The number of benzene rings is 3. The second-order valence-corrected chi connectivity index (χ2v) is 9.74. The number of amides is 1. The molecular weight excluding hydrogens is 466 g/mol. The number of aryl methyl sites for hydroxylation is 2. The van der Waals surface area contributed by atoms with Crippen molar-refractivity contribution in [3.8, 4) is 5.75 Å². The Hall–Kier alpha value is -2.92. The summed E-state index contributed by atoms with van der Waals surface area (Å²) in [7, 11) is 0. The van der Waals surface area contributed by atoms with Crippen LogP contribution in [0.1, 0.15) is 53.4 Å². The van der Waals surface area contributed by atoms with Crippen molar-refractivity contribution in [2.75, 3.05) is 11.9 Å². The molecule has 0 aliphatic heterocycles. The predicted octanol–water partition coefficient (Wildman–Crippen LogP) is 6.61. The number of ketones is 1. The second kappa shape index (κ2) is 9.70. The van der Waals surface area contributed by atoms with Gasteiger partial charge in [-0.25, -0.2) is 0 Å². The molecule has 0 fully saturated rings. The maximum atomic E-state index is 12.9. The van der Waals surface area contributed by atoms with E-state index in [0.717, 1.165) is 15.6 Å². The van der Waals surface area contributed by atoms with Gasteiger partial charge in [0.15, 0.2) is 12.4 Å². The Labute approximate surface area is 198 Å². The summed E-state index contributed by atoms with van der Waals surface area (Å²) in [6.07, 6.45) is 0. The van der Waals surface area contributed by atoms with Crippen LogP contribution in [0, 0.1) is 13.8 Å². The smallest absolute Gasteiger partial charge is 0.262 e. The molecule has 166 valence electrons. The average molecular weight is 494 g/mol. The van der Waals surface area contributed by atoms with E-state index in [1.807, 2.05) is 50.2 Å². The predicted molar refractivity (Wildman–Crippen MR) is 133 cm³/mol. The van der Waals surface area contributed by atoms with Gasteiger partial charge < -0.3 is 10.1 Å². The molecular formula is C27H28BrNO3. The summed E-state index contributed by atoms with van der Waals surface area (Å²) in [6, 6.07) is 18.4. The Kier molecular flexibility index (Phi) is 7.19. The molecule has 0 aliphatic rings. The Morgan fingerprint density at radius 2 is 1.53 bits per heavy atom. The van der Waals surface area contributed by atoms with Crippen LogP contribution in [0.3, 0.4) is 0 Å². The zero-order valence-electron chi connectivity index (χ0n) is 19.1. The van der Waals surface area contributed by atoms with Crippen LogP contribution in [-0.4, -0.2) is 18.3 Å². The van der Waals surface area contributed by atoms with E-state index in [4.69, 9.17) is 4.74 Å². The van der Waals surface area contributed by atoms with Gasteiger partial charge in [-0.3, -0.25) is 9.59 Å². The van der Waals surface area contributed by atoms with Gasteiger partial charge in [0.1, 0.15) is 5.75 Å². The lowest BCUT2D eigenvalue weighted by Gasteiger charge is -2.19. The van der Waals surface area contributed by atoms with E-state index in [2.05, 4.69) is 42.0 Å². The molecule has 0 atom stereocenters. The number of halogens is 1. The number of ether oxygens (including phenoxy) is 1. The topological polar surface area (TPSA) is 55.4 Å². The van der Waals surface area contributed by atoms with Crippen molar-refractivity contribution in [3.63, 3.8) is 0 Å². The van der Waals surface area contributed by atoms with E-state index in [1.165, 1.54) is 5.56 Å². The van der Waals surface area contributed by atoms with Crippen LogP contribution >= 0.6 is 15.9 Å². The van der Waals surface area contributed by atoms with E-state index in [9.17, 15) is 9.59 Å². The van der Waals surface area contributed by atoms with Crippen LogP contribution in [0.4, 0.5) is 5.69 Å². The molecule has 0 aromatic heterocycles. The lowest BCUT2D eigenvalue weighted by atomic mass is 9.86. The molecule has 0 unspecified atom stereocenters. The van der Waals surface area contributed by atoms with E-state index in [-0.39, 0.29) is 23.7 Å². The summed E-state index contributed by atoms with van der Waals surface area (Å²) < 4.78 is 6.67. The molecule has 0 bridgehead atoms. The summed E-state index contributed by atoms with van der Waals surface area (Å²) in [5, 5.41) is 2.80. The van der Waals surface area contributed by atoms with Crippen molar-refractivity contribution in [2.24, 2.45) is 0 Å². The number of hydrogen-bond acceptors (Lipinski definition) is 3. The Morgan fingerprint density at radius 1 is 0.906 bits per heavy atom. The van der Waals surface area contributed by atoms with Crippen LogP contribution < -0.4 is 10.1 Å². The van der Waals surface area contributed by atoms with Crippen LogP contribution in [-0.2, 0) is 10.2 Å². The van der Waals surface area contributed by atoms with E-state index in [0.29, 0.717) is 22.6 Å². The summed E-state index contributed by atoms with van der Waals surface area (Å²) in [4.78, 5) is 25.3. The zero-order chi connectivity index (χ0) is 23.5. The number of nitrogens with one attached hydrogen (secondary N) is 1. The molecule has 0 spiro atoms. The quantitative estimate of drug-likeness (QED) is 0.392. The number of carbonyl (C=O) groups is 2. The Morgan fingerprint density at radius 3 is 2.12 bits per heavy atom. The van der Waals surface area contributed by atoms with Crippen LogP contribution in [0.5, 0.6) is 5.75 Å². The standard InChI is InChI=1S/C27H28BrNO3/c1-17-13-23(14-18(2)25(17)28)32-16-24(30)29-22-8-6-7-20(15-22)26(31)19-9-11-21(12-10-19)27(3,4)5/h6-15H,16H2,1-5H3,(H,29,30). The van der Waals surface area contributed by atoms with Crippen molar-refractivity contribution < 1.29 is 14.3 Å². The lowest BCUT2D eigenvalue weighted by molar-refractivity contribution is -0.118. The molecule has 1 N–H and O–H groups in total. The minimum atomic E-state index is -0.289.